The molecule has 0 aliphatic heterocycles. The van der Waals surface area contributed by atoms with Crippen molar-refractivity contribution >= 4 is 33.3 Å². The maximum absolute atomic E-state index is 9.35. The standard InChI is InChI=1S/C9H13BrClN3O/c1-2-6(15)3-4-12-8-7(10)5-13-9(11)14-8/h5-6,15H,2-4H2,1H3,(H,12,13,14). The summed E-state index contributed by atoms with van der Waals surface area (Å²) < 4.78 is 0.762. The zero-order valence-corrected chi connectivity index (χ0v) is 10.7. The first-order chi connectivity index (χ1) is 7.13. The van der Waals surface area contributed by atoms with Crippen LogP contribution in [-0.2, 0) is 0 Å². The third kappa shape index (κ3) is 4.32. The molecule has 6 heteroatoms. The highest BCUT2D eigenvalue weighted by Crippen LogP contribution is 2.19. The maximum atomic E-state index is 9.35. The molecule has 0 saturated carbocycles. The minimum absolute atomic E-state index is 0.205. The Bertz CT molecular complexity index is 324. The number of nitrogens with zero attached hydrogens (tertiary/aromatic N) is 2. The average molecular weight is 295 g/mol. The lowest BCUT2D eigenvalue weighted by atomic mass is 10.2. The summed E-state index contributed by atoms with van der Waals surface area (Å²) >= 11 is 8.96. The van der Waals surface area contributed by atoms with Crippen LogP contribution in [0.25, 0.3) is 0 Å². The van der Waals surface area contributed by atoms with E-state index in [4.69, 9.17) is 11.6 Å². The van der Waals surface area contributed by atoms with Crippen molar-refractivity contribution < 1.29 is 5.11 Å². The Kier molecular flexibility index (Phi) is 5.28. The first-order valence-corrected chi connectivity index (χ1v) is 5.90. The Morgan fingerprint density at radius 2 is 2.40 bits per heavy atom. The van der Waals surface area contributed by atoms with Crippen LogP contribution in [0.4, 0.5) is 5.82 Å². The number of aliphatic hydroxyl groups is 1. The number of aliphatic hydroxyl groups excluding tert-OH is 1. The molecule has 4 nitrogen and oxygen atoms in total. The van der Waals surface area contributed by atoms with Crippen molar-refractivity contribution in [3.05, 3.63) is 16.0 Å². The van der Waals surface area contributed by atoms with E-state index >= 15 is 0 Å². The minimum atomic E-state index is -0.270. The van der Waals surface area contributed by atoms with Gasteiger partial charge in [-0.3, -0.25) is 0 Å². The molecule has 1 atom stereocenters. The molecule has 15 heavy (non-hydrogen) atoms. The van der Waals surface area contributed by atoms with Gasteiger partial charge in [0.05, 0.1) is 10.6 Å². The Hall–Kier alpha value is -0.390. The van der Waals surface area contributed by atoms with Crippen molar-refractivity contribution in [3.8, 4) is 0 Å². The normalized spacial score (nSPS) is 12.5. The van der Waals surface area contributed by atoms with E-state index in [1.54, 1.807) is 6.20 Å². The first kappa shape index (κ1) is 12.7. The van der Waals surface area contributed by atoms with E-state index in [9.17, 15) is 5.11 Å². The number of aromatic nitrogens is 2. The smallest absolute Gasteiger partial charge is 0.224 e. The van der Waals surface area contributed by atoms with E-state index in [0.29, 0.717) is 18.8 Å². The molecule has 0 fully saturated rings. The van der Waals surface area contributed by atoms with Gasteiger partial charge in [0, 0.05) is 12.7 Å². The molecule has 0 saturated heterocycles. The van der Waals surface area contributed by atoms with Crippen molar-refractivity contribution in [2.45, 2.75) is 25.9 Å². The highest BCUT2D eigenvalue weighted by atomic mass is 79.9. The largest absolute Gasteiger partial charge is 0.393 e. The number of hydrogen-bond donors (Lipinski definition) is 2. The van der Waals surface area contributed by atoms with Crippen molar-refractivity contribution in [3.63, 3.8) is 0 Å². The zero-order valence-electron chi connectivity index (χ0n) is 8.37. The van der Waals surface area contributed by atoms with E-state index < -0.39 is 0 Å². The van der Waals surface area contributed by atoms with Crippen molar-refractivity contribution in [1.82, 2.24) is 9.97 Å². The Balaban J connectivity index is 2.46. The lowest BCUT2D eigenvalue weighted by Gasteiger charge is -2.10. The van der Waals surface area contributed by atoms with Crippen LogP contribution in [0.15, 0.2) is 10.7 Å². The molecular formula is C9H13BrClN3O. The Labute approximate surface area is 102 Å². The molecule has 2 N–H and O–H groups in total. The predicted octanol–water partition coefficient (Wildman–Crippen LogP) is 2.47. The van der Waals surface area contributed by atoms with Crippen LogP contribution >= 0.6 is 27.5 Å². The molecule has 1 heterocycles. The summed E-state index contributed by atoms with van der Waals surface area (Å²) in [5, 5.41) is 12.6. The van der Waals surface area contributed by atoms with Crippen LogP contribution in [-0.4, -0.2) is 27.7 Å². The summed E-state index contributed by atoms with van der Waals surface area (Å²) in [5.41, 5.74) is 0. The summed E-state index contributed by atoms with van der Waals surface area (Å²) in [7, 11) is 0. The predicted molar refractivity (Wildman–Crippen MR) is 64.1 cm³/mol. The highest BCUT2D eigenvalue weighted by Gasteiger charge is 2.04. The second kappa shape index (κ2) is 6.25. The highest BCUT2D eigenvalue weighted by molar-refractivity contribution is 9.10. The van der Waals surface area contributed by atoms with E-state index in [2.05, 4.69) is 31.2 Å². The molecule has 0 aliphatic rings. The molecule has 0 spiro atoms. The van der Waals surface area contributed by atoms with Gasteiger partial charge in [-0.15, -0.1) is 0 Å². The van der Waals surface area contributed by atoms with Gasteiger partial charge >= 0.3 is 0 Å². The van der Waals surface area contributed by atoms with Crippen LogP contribution in [0.3, 0.4) is 0 Å². The van der Waals surface area contributed by atoms with Gasteiger partial charge in [-0.05, 0) is 40.4 Å². The lowest BCUT2D eigenvalue weighted by Crippen LogP contribution is -2.13. The molecule has 0 amide bonds. The molecule has 1 aromatic heterocycles. The SMILES string of the molecule is CCC(O)CCNc1nc(Cl)ncc1Br. The number of halogens is 2. The lowest BCUT2D eigenvalue weighted by molar-refractivity contribution is 0.164. The van der Waals surface area contributed by atoms with Gasteiger partial charge < -0.3 is 10.4 Å². The van der Waals surface area contributed by atoms with Crippen LogP contribution in [0.2, 0.25) is 5.28 Å². The van der Waals surface area contributed by atoms with Gasteiger partial charge in [-0.25, -0.2) is 4.98 Å². The third-order valence-corrected chi connectivity index (χ3v) is 2.72. The molecule has 84 valence electrons. The summed E-state index contributed by atoms with van der Waals surface area (Å²) in [6, 6.07) is 0. The van der Waals surface area contributed by atoms with Gasteiger partial charge in [-0.2, -0.15) is 4.98 Å². The van der Waals surface area contributed by atoms with E-state index in [0.717, 1.165) is 10.9 Å². The summed E-state index contributed by atoms with van der Waals surface area (Å²) in [6.45, 7) is 2.60. The fraction of sp³-hybridized carbons (Fsp3) is 0.556. The fourth-order valence-electron chi connectivity index (χ4n) is 1.03. The second-order valence-corrected chi connectivity index (χ2v) is 4.31. The quantitative estimate of drug-likeness (QED) is 0.819. The maximum Gasteiger partial charge on any atom is 0.224 e. The van der Waals surface area contributed by atoms with Gasteiger partial charge in [0.15, 0.2) is 0 Å². The van der Waals surface area contributed by atoms with Crippen LogP contribution < -0.4 is 5.32 Å². The van der Waals surface area contributed by atoms with Gasteiger partial charge in [0.1, 0.15) is 5.82 Å². The Morgan fingerprint density at radius 3 is 3.07 bits per heavy atom. The average Bonchev–Trinajstić information content (AvgIpc) is 2.23. The number of anilines is 1. The van der Waals surface area contributed by atoms with Crippen LogP contribution in [0.5, 0.6) is 0 Å². The van der Waals surface area contributed by atoms with E-state index in [-0.39, 0.29) is 11.4 Å². The summed E-state index contributed by atoms with van der Waals surface area (Å²) in [6.07, 6.45) is 2.76. The zero-order chi connectivity index (χ0) is 11.3. The van der Waals surface area contributed by atoms with E-state index in [1.807, 2.05) is 6.92 Å². The fourth-order valence-corrected chi connectivity index (χ4v) is 1.50. The summed E-state index contributed by atoms with van der Waals surface area (Å²) in [5.74, 6) is 0.651. The van der Waals surface area contributed by atoms with E-state index in [1.165, 1.54) is 0 Å². The Morgan fingerprint density at radius 1 is 1.67 bits per heavy atom. The molecule has 0 bridgehead atoms. The number of rotatable bonds is 5. The van der Waals surface area contributed by atoms with Gasteiger partial charge in [0.2, 0.25) is 5.28 Å². The molecule has 1 rings (SSSR count). The topological polar surface area (TPSA) is 58.0 Å². The van der Waals surface area contributed by atoms with Crippen LogP contribution in [0, 0.1) is 0 Å². The molecule has 0 aromatic carbocycles. The number of hydrogen-bond acceptors (Lipinski definition) is 4. The van der Waals surface area contributed by atoms with Crippen molar-refractivity contribution in [2.24, 2.45) is 0 Å². The summed E-state index contributed by atoms with van der Waals surface area (Å²) in [4.78, 5) is 7.83. The first-order valence-electron chi connectivity index (χ1n) is 4.73. The van der Waals surface area contributed by atoms with Crippen molar-refractivity contribution in [1.29, 1.82) is 0 Å². The molecule has 0 aliphatic carbocycles. The monoisotopic (exact) mass is 293 g/mol. The molecular weight excluding hydrogens is 281 g/mol. The molecule has 0 radical (unpaired) electrons. The van der Waals surface area contributed by atoms with Crippen LogP contribution in [0.1, 0.15) is 19.8 Å². The molecule has 1 unspecified atom stereocenters. The molecule has 1 aromatic rings. The third-order valence-electron chi connectivity index (χ3n) is 1.96. The van der Waals surface area contributed by atoms with Gasteiger partial charge in [0.25, 0.3) is 0 Å². The second-order valence-electron chi connectivity index (χ2n) is 3.11. The van der Waals surface area contributed by atoms with Crippen molar-refractivity contribution in [2.75, 3.05) is 11.9 Å². The number of nitrogens with one attached hydrogen (secondary N) is 1. The minimum Gasteiger partial charge on any atom is -0.393 e. The van der Waals surface area contributed by atoms with Gasteiger partial charge in [-0.1, -0.05) is 6.92 Å².